The van der Waals surface area contributed by atoms with Gasteiger partial charge in [0.25, 0.3) is 0 Å². The third kappa shape index (κ3) is 3.14. The molecule has 3 aromatic rings. The number of rotatable bonds is 3. The molecule has 4 nitrogen and oxygen atoms in total. The summed E-state index contributed by atoms with van der Waals surface area (Å²) in [6.45, 7) is 1.50. The molecule has 1 aromatic carbocycles. The summed E-state index contributed by atoms with van der Waals surface area (Å²) in [5.41, 5.74) is 3.65. The van der Waals surface area contributed by atoms with E-state index in [1.54, 1.807) is 23.7 Å². The van der Waals surface area contributed by atoms with Crippen LogP contribution < -0.4 is 5.32 Å². The number of benzene rings is 1. The second kappa shape index (κ2) is 5.85. The molecule has 0 unspecified atom stereocenters. The lowest BCUT2D eigenvalue weighted by Gasteiger charge is -2.03. The lowest BCUT2D eigenvalue weighted by Crippen LogP contribution is -2.05. The molecule has 0 aliphatic rings. The first kappa shape index (κ1) is 13.5. The van der Waals surface area contributed by atoms with E-state index in [2.05, 4.69) is 15.3 Å². The first-order valence-electron chi connectivity index (χ1n) is 6.46. The van der Waals surface area contributed by atoms with Crippen molar-refractivity contribution in [2.75, 3.05) is 5.32 Å². The van der Waals surface area contributed by atoms with E-state index in [1.165, 1.54) is 6.92 Å². The smallest absolute Gasteiger partial charge is 0.221 e. The van der Waals surface area contributed by atoms with Crippen molar-refractivity contribution in [3.05, 3.63) is 54.2 Å². The molecule has 0 aliphatic carbocycles. The number of amides is 1. The van der Waals surface area contributed by atoms with Crippen LogP contribution in [-0.4, -0.2) is 15.9 Å². The van der Waals surface area contributed by atoms with Crippen molar-refractivity contribution in [1.29, 1.82) is 0 Å². The molecule has 0 atom stereocenters. The molecule has 0 bridgehead atoms. The molecule has 3 rings (SSSR count). The van der Waals surface area contributed by atoms with Gasteiger partial charge >= 0.3 is 0 Å². The number of anilines is 1. The highest BCUT2D eigenvalue weighted by Gasteiger charge is 2.07. The van der Waals surface area contributed by atoms with Gasteiger partial charge in [-0.15, -0.1) is 11.3 Å². The molecule has 2 heterocycles. The molecule has 104 valence electrons. The van der Waals surface area contributed by atoms with Gasteiger partial charge in [0.1, 0.15) is 5.01 Å². The highest BCUT2D eigenvalue weighted by molar-refractivity contribution is 7.13. The Morgan fingerprint density at radius 1 is 1.19 bits per heavy atom. The average molecular weight is 295 g/mol. The maximum Gasteiger partial charge on any atom is 0.221 e. The molecule has 0 aliphatic heterocycles. The summed E-state index contributed by atoms with van der Waals surface area (Å²) in [4.78, 5) is 19.9. The number of pyridine rings is 1. The largest absolute Gasteiger partial charge is 0.326 e. The molecular weight excluding hydrogens is 282 g/mol. The predicted molar refractivity (Wildman–Crippen MR) is 85.1 cm³/mol. The maximum absolute atomic E-state index is 11.1. The van der Waals surface area contributed by atoms with Crippen LogP contribution in [0.1, 0.15) is 6.92 Å². The lowest BCUT2D eigenvalue weighted by atomic mass is 10.1. The Balaban J connectivity index is 1.91. The molecule has 0 fully saturated rings. The van der Waals surface area contributed by atoms with Crippen LogP contribution in [0.2, 0.25) is 0 Å². The molecule has 0 saturated carbocycles. The molecule has 5 heteroatoms. The van der Waals surface area contributed by atoms with Crippen LogP contribution in [0.4, 0.5) is 5.69 Å². The zero-order chi connectivity index (χ0) is 14.7. The monoisotopic (exact) mass is 295 g/mol. The van der Waals surface area contributed by atoms with Crippen molar-refractivity contribution >= 4 is 22.9 Å². The van der Waals surface area contributed by atoms with E-state index in [1.807, 2.05) is 41.8 Å². The number of carbonyl (C=O) groups excluding carboxylic acids is 1. The molecule has 0 spiro atoms. The van der Waals surface area contributed by atoms with Gasteiger partial charge in [-0.25, -0.2) is 4.98 Å². The minimum Gasteiger partial charge on any atom is -0.326 e. The maximum atomic E-state index is 11.1. The number of hydrogen-bond donors (Lipinski definition) is 1. The van der Waals surface area contributed by atoms with Gasteiger partial charge in [0.15, 0.2) is 0 Å². The van der Waals surface area contributed by atoms with Crippen LogP contribution in [0.5, 0.6) is 0 Å². The van der Waals surface area contributed by atoms with Gasteiger partial charge in [-0.2, -0.15) is 0 Å². The Bertz CT molecular complexity index is 768. The van der Waals surface area contributed by atoms with Crippen molar-refractivity contribution in [2.45, 2.75) is 6.92 Å². The van der Waals surface area contributed by atoms with Crippen LogP contribution in [0.25, 0.3) is 21.8 Å². The first-order valence-corrected chi connectivity index (χ1v) is 7.34. The van der Waals surface area contributed by atoms with Gasteiger partial charge in [-0.05, 0) is 24.3 Å². The zero-order valence-electron chi connectivity index (χ0n) is 11.4. The number of nitrogens with zero attached hydrogens (tertiary/aromatic N) is 2. The Morgan fingerprint density at radius 3 is 2.81 bits per heavy atom. The third-order valence-corrected chi connectivity index (χ3v) is 3.78. The molecule has 2 aromatic heterocycles. The Hall–Kier alpha value is -2.53. The Morgan fingerprint density at radius 2 is 2.05 bits per heavy atom. The molecule has 0 radical (unpaired) electrons. The van der Waals surface area contributed by atoms with Crippen LogP contribution in [0.15, 0.2) is 54.2 Å². The molecule has 0 saturated heterocycles. The third-order valence-electron chi connectivity index (χ3n) is 2.89. The summed E-state index contributed by atoms with van der Waals surface area (Å²) >= 11 is 1.58. The standard InChI is InChI=1S/C16H13N3OS/c1-11(20)18-14-6-2-4-12(8-14)15-10-21-16(19-15)13-5-3-7-17-9-13/h2-10H,1H3,(H,18,20). The van der Waals surface area contributed by atoms with E-state index in [0.29, 0.717) is 0 Å². The number of aromatic nitrogens is 2. The van der Waals surface area contributed by atoms with E-state index in [4.69, 9.17) is 0 Å². The van der Waals surface area contributed by atoms with E-state index < -0.39 is 0 Å². The second-order valence-corrected chi connectivity index (χ2v) is 5.40. The summed E-state index contributed by atoms with van der Waals surface area (Å²) in [6.07, 6.45) is 3.55. The molecule has 1 amide bonds. The lowest BCUT2D eigenvalue weighted by molar-refractivity contribution is -0.114. The topological polar surface area (TPSA) is 54.9 Å². The first-order chi connectivity index (χ1) is 10.2. The summed E-state index contributed by atoms with van der Waals surface area (Å²) in [6, 6.07) is 11.6. The number of thiazole rings is 1. The summed E-state index contributed by atoms with van der Waals surface area (Å²) < 4.78 is 0. The minimum atomic E-state index is -0.0820. The van der Waals surface area contributed by atoms with Crippen molar-refractivity contribution in [2.24, 2.45) is 0 Å². The van der Waals surface area contributed by atoms with Crippen LogP contribution in [-0.2, 0) is 4.79 Å². The van der Waals surface area contributed by atoms with Gasteiger partial charge in [0, 0.05) is 41.5 Å². The summed E-state index contributed by atoms with van der Waals surface area (Å²) in [5, 5.41) is 5.72. The van der Waals surface area contributed by atoms with Gasteiger partial charge in [0.05, 0.1) is 5.69 Å². The van der Waals surface area contributed by atoms with Crippen LogP contribution in [0, 0.1) is 0 Å². The van der Waals surface area contributed by atoms with Gasteiger partial charge in [-0.3, -0.25) is 9.78 Å². The highest BCUT2D eigenvalue weighted by atomic mass is 32.1. The quantitative estimate of drug-likeness (QED) is 0.799. The van der Waals surface area contributed by atoms with E-state index in [0.717, 1.165) is 27.5 Å². The van der Waals surface area contributed by atoms with Gasteiger partial charge in [-0.1, -0.05) is 12.1 Å². The number of hydrogen-bond acceptors (Lipinski definition) is 4. The highest BCUT2D eigenvalue weighted by Crippen LogP contribution is 2.29. The Labute approximate surface area is 126 Å². The fraction of sp³-hybridized carbons (Fsp3) is 0.0625. The zero-order valence-corrected chi connectivity index (χ0v) is 12.2. The van der Waals surface area contributed by atoms with Gasteiger partial charge in [0.2, 0.25) is 5.91 Å². The van der Waals surface area contributed by atoms with Crippen molar-refractivity contribution in [3.63, 3.8) is 0 Å². The number of carbonyl (C=O) groups is 1. The van der Waals surface area contributed by atoms with Gasteiger partial charge < -0.3 is 5.32 Å². The van der Waals surface area contributed by atoms with Crippen LogP contribution >= 0.6 is 11.3 Å². The molecular formula is C16H13N3OS. The second-order valence-electron chi connectivity index (χ2n) is 4.54. The van der Waals surface area contributed by atoms with Crippen molar-refractivity contribution in [1.82, 2.24) is 9.97 Å². The summed E-state index contributed by atoms with van der Waals surface area (Å²) in [7, 11) is 0. The van der Waals surface area contributed by atoms with E-state index >= 15 is 0 Å². The average Bonchev–Trinajstić information content (AvgIpc) is 2.98. The van der Waals surface area contributed by atoms with Crippen molar-refractivity contribution < 1.29 is 4.79 Å². The Kier molecular flexibility index (Phi) is 3.75. The van der Waals surface area contributed by atoms with Crippen LogP contribution in [0.3, 0.4) is 0 Å². The molecule has 1 N–H and O–H groups in total. The fourth-order valence-corrected chi connectivity index (χ4v) is 2.81. The predicted octanol–water partition coefficient (Wildman–Crippen LogP) is 3.83. The SMILES string of the molecule is CC(=O)Nc1cccc(-c2csc(-c3cccnc3)n2)c1. The normalized spacial score (nSPS) is 10.3. The fourth-order valence-electron chi connectivity index (χ4n) is 1.99. The molecule has 21 heavy (non-hydrogen) atoms. The van der Waals surface area contributed by atoms with Crippen molar-refractivity contribution in [3.8, 4) is 21.8 Å². The van der Waals surface area contributed by atoms with E-state index in [9.17, 15) is 4.79 Å². The number of nitrogens with one attached hydrogen (secondary N) is 1. The summed E-state index contributed by atoms with van der Waals surface area (Å²) in [5.74, 6) is -0.0820. The van der Waals surface area contributed by atoms with E-state index in [-0.39, 0.29) is 5.91 Å². The minimum absolute atomic E-state index is 0.0820.